The van der Waals surface area contributed by atoms with Crippen LogP contribution in [0.25, 0.3) is 0 Å². The molecule has 2 fully saturated rings. The quantitative estimate of drug-likeness (QED) is 0.559. The highest BCUT2D eigenvalue weighted by molar-refractivity contribution is 7.88. The van der Waals surface area contributed by atoms with Crippen LogP contribution in [0.5, 0.6) is 5.75 Å². The van der Waals surface area contributed by atoms with E-state index < -0.39 is 46.1 Å². The highest BCUT2D eigenvalue weighted by atomic mass is 32.2. The molecule has 1 aromatic rings. The van der Waals surface area contributed by atoms with Gasteiger partial charge in [-0.25, -0.2) is 12.8 Å². The maximum absolute atomic E-state index is 13.6. The number of rotatable bonds is 8. The highest BCUT2D eigenvalue weighted by Gasteiger charge is 2.55. The van der Waals surface area contributed by atoms with Crippen LogP contribution in [0.15, 0.2) is 24.3 Å². The Kier molecular flexibility index (Phi) is 7.65. The van der Waals surface area contributed by atoms with Gasteiger partial charge in [-0.15, -0.1) is 0 Å². The summed E-state index contributed by atoms with van der Waals surface area (Å²) in [5.74, 6) is -0.742. The lowest BCUT2D eigenvalue weighted by molar-refractivity contribution is -0.139. The number of carbonyl (C=O) groups excluding carboxylic acids is 2. The fourth-order valence-electron chi connectivity index (χ4n) is 4.52. The predicted octanol–water partition coefficient (Wildman–Crippen LogP) is 0.567. The molecule has 9 nitrogen and oxygen atoms in total. The first kappa shape index (κ1) is 25.4. The molecular weight excluding hydrogens is 451 g/mol. The molecule has 2 aliphatic rings. The average Bonchev–Trinajstić information content (AvgIpc) is 3.33. The molecular formula is C22H33FN4O5S. The summed E-state index contributed by atoms with van der Waals surface area (Å²) < 4.78 is 45.6. The lowest BCUT2D eigenvalue weighted by Crippen LogP contribution is -2.57. The third-order valence-corrected chi connectivity index (χ3v) is 7.67. The summed E-state index contributed by atoms with van der Waals surface area (Å²) in [5.41, 5.74) is 0. The smallest absolute Gasteiger partial charge is 0.245 e. The van der Waals surface area contributed by atoms with Crippen LogP contribution in [0.3, 0.4) is 0 Å². The Morgan fingerprint density at radius 2 is 1.82 bits per heavy atom. The number of amides is 2. The number of hydrogen-bond acceptors (Lipinski definition) is 6. The van der Waals surface area contributed by atoms with Crippen molar-refractivity contribution in [1.82, 2.24) is 19.8 Å². The van der Waals surface area contributed by atoms with Crippen LogP contribution in [-0.2, 0) is 19.6 Å². The van der Waals surface area contributed by atoms with Gasteiger partial charge in [0.05, 0.1) is 30.9 Å². The maximum atomic E-state index is 13.6. The number of nitrogens with zero attached hydrogens (tertiary/aromatic N) is 2. The molecule has 0 saturated carbocycles. The number of likely N-dealkylation sites (tertiary alicyclic amines) is 1. The van der Waals surface area contributed by atoms with E-state index in [1.54, 1.807) is 18.9 Å². The summed E-state index contributed by atoms with van der Waals surface area (Å²) >= 11 is 0. The van der Waals surface area contributed by atoms with Gasteiger partial charge in [-0.2, -0.15) is 4.31 Å². The van der Waals surface area contributed by atoms with E-state index in [1.165, 1.54) is 28.6 Å². The van der Waals surface area contributed by atoms with Crippen LogP contribution in [0.4, 0.5) is 4.39 Å². The van der Waals surface area contributed by atoms with Gasteiger partial charge in [0.1, 0.15) is 23.7 Å². The maximum Gasteiger partial charge on any atom is 0.245 e. The van der Waals surface area contributed by atoms with Gasteiger partial charge in [0.15, 0.2) is 0 Å². The van der Waals surface area contributed by atoms with E-state index in [9.17, 15) is 22.4 Å². The van der Waals surface area contributed by atoms with E-state index in [0.29, 0.717) is 18.7 Å². The lowest BCUT2D eigenvalue weighted by Gasteiger charge is -2.33. The van der Waals surface area contributed by atoms with Crippen molar-refractivity contribution in [3.05, 3.63) is 30.1 Å². The van der Waals surface area contributed by atoms with Crippen molar-refractivity contribution in [3.63, 3.8) is 0 Å². The molecule has 2 N–H and O–H groups in total. The first-order valence-electron chi connectivity index (χ1n) is 11.1. The Hall–Kier alpha value is -2.24. The normalized spacial score (nSPS) is 25.1. The van der Waals surface area contributed by atoms with Crippen LogP contribution in [0.1, 0.15) is 27.2 Å². The zero-order chi connectivity index (χ0) is 24.5. The van der Waals surface area contributed by atoms with Gasteiger partial charge in [0.25, 0.3) is 0 Å². The largest absolute Gasteiger partial charge is 0.487 e. The van der Waals surface area contributed by atoms with E-state index in [2.05, 4.69) is 10.6 Å². The molecule has 1 aromatic carbocycles. The number of likely N-dealkylation sites (N-methyl/N-ethyl adjacent to an activating group) is 1. The summed E-state index contributed by atoms with van der Waals surface area (Å²) in [6.07, 6.45) is 0.991. The highest BCUT2D eigenvalue weighted by Crippen LogP contribution is 2.36. The molecule has 3 rings (SSSR count). The van der Waals surface area contributed by atoms with Crippen LogP contribution >= 0.6 is 0 Å². The second kappa shape index (κ2) is 9.94. The Balaban J connectivity index is 1.87. The molecule has 33 heavy (non-hydrogen) atoms. The zero-order valence-electron chi connectivity index (χ0n) is 19.6. The van der Waals surface area contributed by atoms with Crippen molar-refractivity contribution >= 4 is 21.8 Å². The van der Waals surface area contributed by atoms with Gasteiger partial charge in [-0.05, 0) is 50.6 Å². The molecule has 0 aromatic heterocycles. The summed E-state index contributed by atoms with van der Waals surface area (Å²) in [6, 6.07) is 3.32. The molecule has 184 valence electrons. The van der Waals surface area contributed by atoms with Gasteiger partial charge in [0.2, 0.25) is 21.8 Å². The average molecular weight is 485 g/mol. The minimum atomic E-state index is -3.53. The van der Waals surface area contributed by atoms with E-state index in [4.69, 9.17) is 4.74 Å². The van der Waals surface area contributed by atoms with Crippen molar-refractivity contribution < 1.29 is 27.1 Å². The zero-order valence-corrected chi connectivity index (χ0v) is 20.4. The lowest BCUT2D eigenvalue weighted by atomic mass is 10.0. The number of halogens is 1. The second-order valence-corrected chi connectivity index (χ2v) is 11.0. The first-order valence-corrected chi connectivity index (χ1v) is 13.0. The van der Waals surface area contributed by atoms with Gasteiger partial charge in [-0.3, -0.25) is 9.59 Å². The number of benzene rings is 1. The van der Waals surface area contributed by atoms with Gasteiger partial charge in [-0.1, -0.05) is 13.8 Å². The summed E-state index contributed by atoms with van der Waals surface area (Å²) in [6.45, 7) is 5.85. The summed E-state index contributed by atoms with van der Waals surface area (Å²) in [4.78, 5) is 27.7. The molecule has 2 aliphatic heterocycles. The van der Waals surface area contributed by atoms with Crippen LogP contribution in [0.2, 0.25) is 0 Å². The standard InChI is InChI=1S/C22H33FN4O5S/c1-13(2)19(25-21(28)14(3)24-4)22(29)26-11-10-17-20(26)18(12-27(17)33(5,30)31)32-16-8-6-15(23)7-9-16/h6-9,13-14,17-20,24H,10-12H2,1-5H3,(H,25,28)/t14-,17+,18-,19-,20?/m0/s1. The monoisotopic (exact) mass is 484 g/mol. The van der Waals surface area contributed by atoms with Crippen molar-refractivity contribution in [2.24, 2.45) is 5.92 Å². The van der Waals surface area contributed by atoms with Gasteiger partial charge >= 0.3 is 0 Å². The first-order chi connectivity index (χ1) is 15.4. The molecule has 0 bridgehead atoms. The molecule has 2 saturated heterocycles. The molecule has 2 heterocycles. The fourth-order valence-corrected chi connectivity index (χ4v) is 5.66. The Bertz CT molecular complexity index is 972. The predicted molar refractivity (Wildman–Crippen MR) is 122 cm³/mol. The van der Waals surface area contributed by atoms with Gasteiger partial charge in [0, 0.05) is 6.54 Å². The summed E-state index contributed by atoms with van der Waals surface area (Å²) in [5, 5.41) is 5.69. The number of sulfonamides is 1. The van der Waals surface area contributed by atoms with E-state index in [0.717, 1.165) is 6.26 Å². The van der Waals surface area contributed by atoms with Crippen molar-refractivity contribution in [2.45, 2.75) is 57.5 Å². The number of fused-ring (bicyclic) bond motifs is 1. The SMILES string of the molecule is CN[C@@H](C)C(=O)N[C@H](C(=O)N1CC[C@@H]2C1[C@@H](Oc1ccc(F)cc1)CN2S(C)(=O)=O)C(C)C. The van der Waals surface area contributed by atoms with Crippen molar-refractivity contribution in [3.8, 4) is 5.75 Å². The molecule has 0 radical (unpaired) electrons. The molecule has 5 atom stereocenters. The van der Waals surface area contributed by atoms with E-state index in [-0.39, 0.29) is 24.3 Å². The third-order valence-electron chi connectivity index (χ3n) is 6.40. The van der Waals surface area contributed by atoms with Crippen LogP contribution in [0, 0.1) is 11.7 Å². The molecule has 0 aliphatic carbocycles. The Morgan fingerprint density at radius 1 is 1.18 bits per heavy atom. The minimum Gasteiger partial charge on any atom is -0.487 e. The number of hydrogen-bond donors (Lipinski definition) is 2. The Morgan fingerprint density at radius 3 is 2.36 bits per heavy atom. The van der Waals surface area contributed by atoms with Crippen molar-refractivity contribution in [1.29, 1.82) is 0 Å². The van der Waals surface area contributed by atoms with E-state index in [1.807, 2.05) is 13.8 Å². The van der Waals surface area contributed by atoms with Crippen LogP contribution in [-0.4, -0.2) is 86.1 Å². The Labute approximate surface area is 194 Å². The molecule has 0 spiro atoms. The van der Waals surface area contributed by atoms with Crippen molar-refractivity contribution in [2.75, 3.05) is 26.4 Å². The summed E-state index contributed by atoms with van der Waals surface area (Å²) in [7, 11) is -1.87. The number of carbonyl (C=O) groups is 2. The van der Waals surface area contributed by atoms with Gasteiger partial charge < -0.3 is 20.3 Å². The topological polar surface area (TPSA) is 108 Å². The molecule has 1 unspecified atom stereocenters. The number of nitrogens with one attached hydrogen (secondary N) is 2. The third kappa shape index (κ3) is 5.47. The van der Waals surface area contributed by atoms with E-state index >= 15 is 0 Å². The number of ether oxygens (including phenoxy) is 1. The molecule has 11 heteroatoms. The minimum absolute atomic E-state index is 0.0881. The molecule has 2 amide bonds. The van der Waals surface area contributed by atoms with Crippen LogP contribution < -0.4 is 15.4 Å². The second-order valence-electron chi connectivity index (χ2n) is 9.06. The fraction of sp³-hybridized carbons (Fsp3) is 0.636.